The van der Waals surface area contributed by atoms with Crippen molar-refractivity contribution in [3.63, 3.8) is 0 Å². The summed E-state index contributed by atoms with van der Waals surface area (Å²) in [5.41, 5.74) is 3.51. The molecule has 2 rings (SSSR count). The Balaban J connectivity index is 2.25. The third-order valence-electron chi connectivity index (χ3n) is 3.17. The van der Waals surface area contributed by atoms with Gasteiger partial charge in [-0.1, -0.05) is 25.4 Å². The summed E-state index contributed by atoms with van der Waals surface area (Å²) in [6.45, 7) is 4.08. The molecule has 22 heavy (non-hydrogen) atoms. The molecular weight excluding hydrogens is 320 g/mol. The second kappa shape index (κ2) is 7.65. The Morgan fingerprint density at radius 2 is 1.91 bits per heavy atom. The van der Waals surface area contributed by atoms with Crippen molar-refractivity contribution in [1.82, 2.24) is 15.2 Å². The van der Waals surface area contributed by atoms with Gasteiger partial charge in [0.05, 0.1) is 11.4 Å². The van der Waals surface area contributed by atoms with Crippen molar-refractivity contribution >= 4 is 34.0 Å². The molecule has 0 bridgehead atoms. The van der Waals surface area contributed by atoms with Crippen molar-refractivity contribution in [1.29, 1.82) is 0 Å². The summed E-state index contributed by atoms with van der Waals surface area (Å²) in [4.78, 5) is 4.49. The Kier molecular flexibility index (Phi) is 5.85. The number of rotatable bonds is 6. The second-order valence-electron chi connectivity index (χ2n) is 4.88. The van der Waals surface area contributed by atoms with E-state index in [9.17, 15) is 4.21 Å². The van der Waals surface area contributed by atoms with Crippen LogP contribution >= 0.6 is 11.6 Å². The van der Waals surface area contributed by atoms with Gasteiger partial charge in [0.1, 0.15) is 0 Å². The molecule has 0 aliphatic carbocycles. The van der Waals surface area contributed by atoms with Crippen LogP contribution in [0.1, 0.15) is 30.8 Å². The van der Waals surface area contributed by atoms with E-state index in [1.165, 1.54) is 0 Å². The van der Waals surface area contributed by atoms with Gasteiger partial charge in [-0.2, -0.15) is 0 Å². The zero-order valence-corrected chi connectivity index (χ0v) is 14.5. The monoisotopic (exact) mass is 338 g/mol. The number of nitrogens with one attached hydrogen (secondary N) is 1. The normalized spacial score (nSPS) is 12.2. The number of benzene rings is 1. The summed E-state index contributed by atoms with van der Waals surface area (Å²) in [7, 11) is -0.947. The molecule has 1 unspecified atom stereocenters. The first kappa shape index (κ1) is 16.8. The number of anilines is 2. The molecule has 1 heterocycles. The quantitative estimate of drug-likeness (QED) is 0.875. The van der Waals surface area contributed by atoms with Crippen LogP contribution in [0.2, 0.25) is 5.02 Å². The lowest BCUT2D eigenvalue weighted by Gasteiger charge is -2.10. The van der Waals surface area contributed by atoms with Crippen LogP contribution in [0.4, 0.5) is 11.6 Å². The van der Waals surface area contributed by atoms with Gasteiger partial charge in [0.25, 0.3) is 0 Å². The predicted molar refractivity (Wildman–Crippen MR) is 91.1 cm³/mol. The van der Waals surface area contributed by atoms with Gasteiger partial charge >= 0.3 is 0 Å². The van der Waals surface area contributed by atoms with E-state index in [-0.39, 0.29) is 0 Å². The Labute approximate surface area is 138 Å². The van der Waals surface area contributed by atoms with E-state index in [0.717, 1.165) is 35.5 Å². The molecule has 0 amide bonds. The molecule has 1 aromatic heterocycles. The van der Waals surface area contributed by atoms with Crippen LogP contribution in [0.3, 0.4) is 0 Å². The second-order valence-corrected chi connectivity index (χ2v) is 6.73. The summed E-state index contributed by atoms with van der Waals surface area (Å²) in [6.07, 6.45) is 3.28. The first-order valence-electron chi connectivity index (χ1n) is 7.11. The molecule has 5 nitrogen and oxygen atoms in total. The molecule has 118 valence electrons. The molecule has 0 saturated heterocycles. The van der Waals surface area contributed by atoms with Gasteiger partial charge in [0.15, 0.2) is 0 Å². The van der Waals surface area contributed by atoms with Crippen molar-refractivity contribution in [2.75, 3.05) is 11.6 Å². The fourth-order valence-corrected chi connectivity index (χ4v) is 3.04. The lowest BCUT2D eigenvalue weighted by Crippen LogP contribution is -2.07. The molecule has 2 aromatic rings. The van der Waals surface area contributed by atoms with Crippen LogP contribution < -0.4 is 5.32 Å². The fourth-order valence-electron chi connectivity index (χ4n) is 2.10. The Hall–Kier alpha value is -1.53. The predicted octanol–water partition coefficient (Wildman–Crippen LogP) is 3.27. The van der Waals surface area contributed by atoms with Crippen LogP contribution in [-0.2, 0) is 29.4 Å². The van der Waals surface area contributed by atoms with Gasteiger partial charge in [-0.05, 0) is 36.6 Å². The first-order chi connectivity index (χ1) is 10.5. The minimum atomic E-state index is -0.947. The SMILES string of the molecule is CCc1nnc(Nc2ccc(Cl)c(CS(C)=O)c2)nc1CC. The van der Waals surface area contributed by atoms with Crippen LogP contribution in [0.25, 0.3) is 0 Å². The first-order valence-corrected chi connectivity index (χ1v) is 9.22. The molecule has 0 saturated carbocycles. The fraction of sp³-hybridized carbons (Fsp3) is 0.400. The van der Waals surface area contributed by atoms with Gasteiger partial charge in [-0.15, -0.1) is 10.2 Å². The number of hydrogen-bond donors (Lipinski definition) is 1. The van der Waals surface area contributed by atoms with Gasteiger partial charge in [-0.3, -0.25) is 4.21 Å². The van der Waals surface area contributed by atoms with E-state index in [4.69, 9.17) is 11.6 Å². The van der Waals surface area contributed by atoms with E-state index in [1.807, 2.05) is 26.0 Å². The molecule has 7 heteroatoms. The van der Waals surface area contributed by atoms with Crippen LogP contribution in [0, 0.1) is 0 Å². The van der Waals surface area contributed by atoms with Crippen molar-refractivity contribution in [2.45, 2.75) is 32.4 Å². The number of aryl methyl sites for hydroxylation is 2. The largest absolute Gasteiger partial charge is 0.323 e. The van der Waals surface area contributed by atoms with E-state index in [2.05, 4.69) is 20.5 Å². The van der Waals surface area contributed by atoms with Gasteiger partial charge < -0.3 is 5.32 Å². The Bertz CT molecular complexity index is 693. The summed E-state index contributed by atoms with van der Waals surface area (Å²) >= 11 is 6.12. The number of halogens is 1. The maximum absolute atomic E-state index is 11.4. The molecule has 0 spiro atoms. The molecule has 0 radical (unpaired) electrons. The lowest BCUT2D eigenvalue weighted by atomic mass is 10.2. The number of nitrogens with zero attached hydrogens (tertiary/aromatic N) is 3. The third kappa shape index (κ3) is 4.24. The van der Waals surface area contributed by atoms with E-state index < -0.39 is 10.8 Å². The van der Waals surface area contributed by atoms with Crippen molar-refractivity contribution < 1.29 is 4.21 Å². The summed E-state index contributed by atoms with van der Waals surface area (Å²) in [5, 5.41) is 12.0. The van der Waals surface area contributed by atoms with Crippen molar-refractivity contribution in [2.24, 2.45) is 0 Å². The van der Waals surface area contributed by atoms with E-state index in [1.54, 1.807) is 12.3 Å². The standard InChI is InChI=1S/C15H19ClN4OS/c1-4-13-14(5-2)19-20-15(18-13)17-11-6-7-12(16)10(8-11)9-22(3)21/h6-8H,4-5,9H2,1-3H3,(H,17,18,20). The third-order valence-corrected chi connectivity index (χ3v) is 4.26. The average Bonchev–Trinajstić information content (AvgIpc) is 2.50. The molecule has 0 fully saturated rings. The highest BCUT2D eigenvalue weighted by atomic mass is 35.5. The zero-order valence-electron chi connectivity index (χ0n) is 12.9. The number of aromatic nitrogens is 3. The van der Waals surface area contributed by atoms with Crippen LogP contribution in [0.15, 0.2) is 18.2 Å². The lowest BCUT2D eigenvalue weighted by molar-refractivity contribution is 0.686. The maximum Gasteiger partial charge on any atom is 0.247 e. The highest BCUT2D eigenvalue weighted by Crippen LogP contribution is 2.23. The highest BCUT2D eigenvalue weighted by Gasteiger charge is 2.08. The van der Waals surface area contributed by atoms with Crippen molar-refractivity contribution in [3.8, 4) is 0 Å². The minimum absolute atomic E-state index is 0.419. The molecule has 1 atom stereocenters. The summed E-state index contributed by atoms with van der Waals surface area (Å²) in [6, 6.07) is 5.49. The number of hydrogen-bond acceptors (Lipinski definition) is 5. The topological polar surface area (TPSA) is 67.8 Å². The molecule has 1 N–H and O–H groups in total. The van der Waals surface area contributed by atoms with E-state index in [0.29, 0.717) is 16.7 Å². The molecule has 1 aromatic carbocycles. The van der Waals surface area contributed by atoms with Crippen LogP contribution in [-0.4, -0.2) is 25.6 Å². The van der Waals surface area contributed by atoms with Gasteiger partial charge in [-0.25, -0.2) is 4.98 Å². The molecule has 0 aliphatic heterocycles. The van der Waals surface area contributed by atoms with Gasteiger partial charge in [0.2, 0.25) is 5.95 Å². The molecule has 0 aliphatic rings. The van der Waals surface area contributed by atoms with E-state index >= 15 is 0 Å². The minimum Gasteiger partial charge on any atom is -0.323 e. The average molecular weight is 339 g/mol. The Morgan fingerprint density at radius 1 is 1.18 bits per heavy atom. The molecular formula is C15H19ClN4OS. The summed E-state index contributed by atoms with van der Waals surface area (Å²) in [5.74, 6) is 0.877. The zero-order chi connectivity index (χ0) is 16.1. The van der Waals surface area contributed by atoms with Crippen LogP contribution in [0.5, 0.6) is 0 Å². The van der Waals surface area contributed by atoms with Crippen molar-refractivity contribution in [3.05, 3.63) is 40.2 Å². The maximum atomic E-state index is 11.4. The Morgan fingerprint density at radius 3 is 2.55 bits per heavy atom. The van der Waals surface area contributed by atoms with Gasteiger partial charge in [0, 0.05) is 33.5 Å². The highest BCUT2D eigenvalue weighted by molar-refractivity contribution is 7.83. The summed E-state index contributed by atoms with van der Waals surface area (Å²) < 4.78 is 11.4. The smallest absolute Gasteiger partial charge is 0.247 e.